The van der Waals surface area contributed by atoms with Crippen LogP contribution in [0.5, 0.6) is 11.5 Å². The average molecular weight is 536 g/mol. The van der Waals surface area contributed by atoms with Gasteiger partial charge < -0.3 is 19.3 Å². The third kappa shape index (κ3) is 9.74. The highest BCUT2D eigenvalue weighted by atomic mass is 16.5. The van der Waals surface area contributed by atoms with E-state index in [1.807, 2.05) is 70.5 Å². The Hall–Kier alpha value is -3.32. The first-order chi connectivity index (χ1) is 19.0. The molecule has 1 fully saturated rings. The normalized spacial score (nSPS) is 14.0. The lowest BCUT2D eigenvalue weighted by Gasteiger charge is -2.36. The van der Waals surface area contributed by atoms with Gasteiger partial charge in [-0.15, -0.1) is 0 Å². The first kappa shape index (κ1) is 30.2. The SMILES string of the molecule is CCCCCCCC(=O)N1CCN(CCN(C/C=C/c2ccccc2OC)C(=O)c2ccc(OC)cc2)CC1. The van der Waals surface area contributed by atoms with Gasteiger partial charge in [-0.2, -0.15) is 0 Å². The summed E-state index contributed by atoms with van der Waals surface area (Å²) in [4.78, 5) is 32.3. The molecule has 7 nitrogen and oxygen atoms in total. The van der Waals surface area contributed by atoms with E-state index in [9.17, 15) is 9.59 Å². The highest BCUT2D eigenvalue weighted by molar-refractivity contribution is 5.94. The summed E-state index contributed by atoms with van der Waals surface area (Å²) >= 11 is 0. The molecule has 39 heavy (non-hydrogen) atoms. The van der Waals surface area contributed by atoms with Gasteiger partial charge in [0.05, 0.1) is 14.2 Å². The molecule has 0 radical (unpaired) electrons. The number of hydrogen-bond acceptors (Lipinski definition) is 5. The van der Waals surface area contributed by atoms with Crippen LogP contribution in [0, 0.1) is 0 Å². The second-order valence-corrected chi connectivity index (χ2v) is 10.0. The van der Waals surface area contributed by atoms with Crippen LogP contribution in [0.4, 0.5) is 0 Å². The Balaban J connectivity index is 1.55. The minimum atomic E-state index is -0.0146. The number of nitrogens with zero attached hydrogens (tertiary/aromatic N) is 3. The van der Waals surface area contributed by atoms with Crippen molar-refractivity contribution in [1.29, 1.82) is 0 Å². The zero-order valence-corrected chi connectivity index (χ0v) is 23.9. The lowest BCUT2D eigenvalue weighted by atomic mass is 10.1. The van der Waals surface area contributed by atoms with E-state index in [1.54, 1.807) is 14.2 Å². The second-order valence-electron chi connectivity index (χ2n) is 10.0. The van der Waals surface area contributed by atoms with Crippen LogP contribution in [0.3, 0.4) is 0 Å². The van der Waals surface area contributed by atoms with E-state index in [2.05, 4.69) is 11.8 Å². The van der Waals surface area contributed by atoms with Gasteiger partial charge in [0, 0.05) is 63.4 Å². The fraction of sp³-hybridized carbons (Fsp3) is 0.500. The Labute approximate surface area is 234 Å². The van der Waals surface area contributed by atoms with Crippen LogP contribution >= 0.6 is 0 Å². The smallest absolute Gasteiger partial charge is 0.254 e. The minimum absolute atomic E-state index is 0.0146. The van der Waals surface area contributed by atoms with Crippen LogP contribution in [-0.4, -0.2) is 86.5 Å². The van der Waals surface area contributed by atoms with Crippen molar-refractivity contribution >= 4 is 17.9 Å². The van der Waals surface area contributed by atoms with E-state index in [4.69, 9.17) is 9.47 Å². The topological polar surface area (TPSA) is 62.3 Å². The van der Waals surface area contributed by atoms with E-state index in [1.165, 1.54) is 19.3 Å². The number of rotatable bonds is 15. The highest BCUT2D eigenvalue weighted by Crippen LogP contribution is 2.19. The van der Waals surface area contributed by atoms with Crippen molar-refractivity contribution in [3.63, 3.8) is 0 Å². The highest BCUT2D eigenvalue weighted by Gasteiger charge is 2.22. The molecule has 0 atom stereocenters. The molecule has 1 saturated heterocycles. The van der Waals surface area contributed by atoms with Crippen LogP contribution in [0.1, 0.15) is 61.4 Å². The van der Waals surface area contributed by atoms with Crippen molar-refractivity contribution in [1.82, 2.24) is 14.7 Å². The molecule has 0 saturated carbocycles. The summed E-state index contributed by atoms with van der Waals surface area (Å²) in [5.41, 5.74) is 1.61. The van der Waals surface area contributed by atoms with Crippen molar-refractivity contribution in [2.75, 3.05) is 60.0 Å². The summed E-state index contributed by atoms with van der Waals surface area (Å²) < 4.78 is 10.7. The Kier molecular flexibility index (Phi) is 12.9. The Bertz CT molecular complexity index is 1050. The van der Waals surface area contributed by atoms with Crippen LogP contribution < -0.4 is 9.47 Å². The Morgan fingerprint density at radius 1 is 0.897 bits per heavy atom. The molecule has 0 aliphatic carbocycles. The molecule has 1 aliphatic heterocycles. The molecule has 0 bridgehead atoms. The van der Waals surface area contributed by atoms with E-state index >= 15 is 0 Å². The first-order valence-corrected chi connectivity index (χ1v) is 14.3. The standard InChI is InChI=1S/C32H45N3O4/c1-4-5-6-7-8-15-31(36)34-24-21-33(22-25-34)23-26-35(32(37)28-16-18-29(38-2)19-17-28)20-11-13-27-12-9-10-14-30(27)39-3/h9-14,16-19H,4-8,15,20-26H2,1-3H3/b13-11+. The van der Waals surface area contributed by atoms with Crippen molar-refractivity contribution in [3.05, 3.63) is 65.7 Å². The zero-order valence-electron chi connectivity index (χ0n) is 23.9. The van der Waals surface area contributed by atoms with Gasteiger partial charge in [-0.3, -0.25) is 14.5 Å². The summed E-state index contributed by atoms with van der Waals surface area (Å²) in [6, 6.07) is 15.1. The molecule has 212 valence electrons. The molecular weight excluding hydrogens is 490 g/mol. The number of carbonyl (C=O) groups excluding carboxylic acids is 2. The molecule has 1 heterocycles. The zero-order chi connectivity index (χ0) is 27.9. The number of benzene rings is 2. The predicted octanol–water partition coefficient (Wildman–Crippen LogP) is 5.36. The van der Waals surface area contributed by atoms with Crippen LogP contribution in [0.2, 0.25) is 0 Å². The second kappa shape index (κ2) is 16.6. The molecule has 2 aromatic rings. The van der Waals surface area contributed by atoms with Crippen LogP contribution in [-0.2, 0) is 4.79 Å². The Morgan fingerprint density at radius 2 is 1.62 bits per heavy atom. The van der Waals surface area contributed by atoms with Gasteiger partial charge >= 0.3 is 0 Å². The predicted molar refractivity (Wildman–Crippen MR) is 157 cm³/mol. The van der Waals surface area contributed by atoms with Gasteiger partial charge in [0.2, 0.25) is 5.91 Å². The number of piperazine rings is 1. The summed E-state index contributed by atoms with van der Waals surface area (Å²) in [7, 11) is 3.28. The number of para-hydroxylation sites is 1. The molecule has 0 spiro atoms. The third-order valence-electron chi connectivity index (χ3n) is 7.29. The number of carbonyl (C=O) groups is 2. The third-order valence-corrected chi connectivity index (χ3v) is 7.29. The van der Waals surface area contributed by atoms with Crippen molar-refractivity contribution in [2.45, 2.75) is 45.4 Å². The van der Waals surface area contributed by atoms with Gasteiger partial charge in [-0.25, -0.2) is 0 Å². The first-order valence-electron chi connectivity index (χ1n) is 14.3. The summed E-state index contributed by atoms with van der Waals surface area (Å²) in [6.45, 7) is 7.25. The molecular formula is C32H45N3O4. The summed E-state index contributed by atoms with van der Waals surface area (Å²) in [5, 5.41) is 0. The maximum atomic E-state index is 13.4. The largest absolute Gasteiger partial charge is 0.497 e. The van der Waals surface area contributed by atoms with E-state index < -0.39 is 0 Å². The molecule has 0 aromatic heterocycles. The minimum Gasteiger partial charge on any atom is -0.497 e. The average Bonchev–Trinajstić information content (AvgIpc) is 2.98. The van der Waals surface area contributed by atoms with Gasteiger partial charge in [-0.1, -0.05) is 63.0 Å². The summed E-state index contributed by atoms with van der Waals surface area (Å²) in [5.74, 6) is 1.79. The number of methoxy groups -OCH3 is 2. The molecule has 0 unspecified atom stereocenters. The van der Waals surface area contributed by atoms with Gasteiger partial charge in [0.15, 0.2) is 0 Å². The Morgan fingerprint density at radius 3 is 2.31 bits per heavy atom. The number of amides is 2. The van der Waals surface area contributed by atoms with Crippen molar-refractivity contribution in [3.8, 4) is 11.5 Å². The van der Waals surface area contributed by atoms with Crippen LogP contribution in [0.15, 0.2) is 54.6 Å². The van der Waals surface area contributed by atoms with Gasteiger partial charge in [0.25, 0.3) is 5.91 Å². The maximum Gasteiger partial charge on any atom is 0.254 e. The maximum absolute atomic E-state index is 13.4. The fourth-order valence-corrected chi connectivity index (χ4v) is 4.82. The van der Waals surface area contributed by atoms with Gasteiger partial charge in [-0.05, 0) is 36.8 Å². The van der Waals surface area contributed by atoms with Gasteiger partial charge in [0.1, 0.15) is 11.5 Å². The molecule has 3 rings (SSSR count). The number of unbranched alkanes of at least 4 members (excludes halogenated alkanes) is 4. The summed E-state index contributed by atoms with van der Waals surface area (Å²) in [6.07, 6.45) is 10.5. The molecule has 7 heteroatoms. The number of ether oxygens (including phenoxy) is 2. The van der Waals surface area contributed by atoms with Crippen LogP contribution in [0.25, 0.3) is 6.08 Å². The van der Waals surface area contributed by atoms with E-state index in [-0.39, 0.29) is 11.8 Å². The number of hydrogen-bond donors (Lipinski definition) is 0. The lowest BCUT2D eigenvalue weighted by molar-refractivity contribution is -0.133. The lowest BCUT2D eigenvalue weighted by Crippen LogP contribution is -2.50. The quantitative estimate of drug-likeness (QED) is 0.287. The van der Waals surface area contributed by atoms with Crippen molar-refractivity contribution in [2.24, 2.45) is 0 Å². The molecule has 0 N–H and O–H groups in total. The monoisotopic (exact) mass is 535 g/mol. The van der Waals surface area contributed by atoms with E-state index in [0.29, 0.717) is 25.1 Å². The molecule has 2 aromatic carbocycles. The fourth-order valence-electron chi connectivity index (χ4n) is 4.82. The molecule has 2 amide bonds. The van der Waals surface area contributed by atoms with Crippen molar-refractivity contribution < 1.29 is 19.1 Å². The molecule has 1 aliphatic rings. The van der Waals surface area contributed by atoms with E-state index in [0.717, 1.165) is 62.6 Å².